The molecule has 2 saturated heterocycles. The van der Waals surface area contributed by atoms with E-state index in [1.807, 2.05) is 125 Å². The van der Waals surface area contributed by atoms with Crippen LogP contribution in [0.1, 0.15) is 119 Å². The van der Waals surface area contributed by atoms with Crippen LogP contribution in [-0.2, 0) is 63.3 Å². The van der Waals surface area contributed by atoms with Crippen LogP contribution in [0.2, 0.25) is 20.1 Å². The first-order valence-corrected chi connectivity index (χ1v) is 33.8. The molecule has 4 aliphatic rings. The SMILES string of the molecule is CCC(=O)N(C)C[C@](CCN1CCC2(CC1)c1ccccc1CS2=O)(c1ccc(Cl)c(Cl)c1)N(C)C(=O)c1ccccc1.CCC(=O)N(C)C[C@](CCN1CCC2(CC1)c1ccccc1CS2=O)(c1ccc(Cl)c(Cl)c1)N(C)C(=O)c1ccccc1.Cl.Cl.S.S. The molecule has 4 amide bonds. The number of carbonyl (C=O) groups excluding carboxylic acids is 4. The Morgan fingerprint density at radius 2 is 0.800 bits per heavy atom. The molecule has 22 heteroatoms. The van der Waals surface area contributed by atoms with Crippen molar-refractivity contribution in [1.29, 1.82) is 0 Å². The number of hydrogen-bond acceptors (Lipinski definition) is 8. The number of likely N-dealkylation sites (N-methyl/N-ethyl adjacent to an activating group) is 4. The van der Waals surface area contributed by atoms with Crippen molar-refractivity contribution in [1.82, 2.24) is 29.4 Å². The van der Waals surface area contributed by atoms with Crippen LogP contribution >= 0.6 is 98.2 Å². The van der Waals surface area contributed by atoms with Gasteiger partial charge in [0.25, 0.3) is 11.8 Å². The Morgan fingerprint density at radius 1 is 0.478 bits per heavy atom. The molecular formula is C68H84Cl6N6O6S4. The van der Waals surface area contributed by atoms with E-state index in [9.17, 15) is 27.6 Å². The minimum atomic E-state index is -0.935. The molecule has 90 heavy (non-hydrogen) atoms. The topological polar surface area (TPSA) is 122 Å². The summed E-state index contributed by atoms with van der Waals surface area (Å²) in [5.74, 6) is 0.959. The molecule has 12 nitrogen and oxygen atoms in total. The highest BCUT2D eigenvalue weighted by Crippen LogP contribution is 2.49. The third kappa shape index (κ3) is 16.0. The van der Waals surface area contributed by atoms with Gasteiger partial charge in [-0.25, -0.2) is 0 Å². The molecule has 4 aliphatic heterocycles. The van der Waals surface area contributed by atoms with Crippen molar-refractivity contribution in [3.05, 3.63) is 210 Å². The van der Waals surface area contributed by atoms with E-state index in [4.69, 9.17) is 46.4 Å². The Hall–Kier alpha value is -4.14. The molecule has 0 bridgehead atoms. The lowest BCUT2D eigenvalue weighted by atomic mass is 9.82. The molecule has 0 aromatic heterocycles. The van der Waals surface area contributed by atoms with Crippen LogP contribution in [-0.4, -0.2) is 142 Å². The molecule has 10 rings (SSSR count). The second-order valence-corrected chi connectivity index (χ2v) is 28.6. The fraction of sp³-hybridized carbons (Fsp3) is 0.412. The van der Waals surface area contributed by atoms with Crippen molar-refractivity contribution in [3.8, 4) is 0 Å². The predicted octanol–water partition coefficient (Wildman–Crippen LogP) is 14.0. The lowest BCUT2D eigenvalue weighted by Crippen LogP contribution is -2.56. The molecule has 488 valence electrons. The van der Waals surface area contributed by atoms with E-state index in [-0.39, 0.29) is 84.9 Å². The Morgan fingerprint density at radius 3 is 1.12 bits per heavy atom. The molecule has 4 heterocycles. The molecule has 0 saturated carbocycles. The minimum absolute atomic E-state index is 0. The Balaban J connectivity index is 0.000000313. The van der Waals surface area contributed by atoms with E-state index in [1.165, 1.54) is 22.3 Å². The number of halogens is 6. The van der Waals surface area contributed by atoms with Gasteiger partial charge in [-0.1, -0.05) is 157 Å². The molecule has 0 radical (unpaired) electrons. The summed E-state index contributed by atoms with van der Waals surface area (Å²) >= 11 is 25.8. The highest BCUT2D eigenvalue weighted by molar-refractivity contribution is 7.85. The first-order chi connectivity index (χ1) is 41.2. The summed E-state index contributed by atoms with van der Waals surface area (Å²) in [6.45, 7) is 8.85. The summed E-state index contributed by atoms with van der Waals surface area (Å²) < 4.78 is 26.2. The van der Waals surface area contributed by atoms with Gasteiger partial charge in [0.2, 0.25) is 11.8 Å². The summed E-state index contributed by atoms with van der Waals surface area (Å²) in [4.78, 5) is 65.7. The Kier molecular flexibility index (Phi) is 28.3. The van der Waals surface area contributed by atoms with Gasteiger partial charge in [-0.2, -0.15) is 27.0 Å². The number of likely N-dealkylation sites (tertiary alicyclic amines) is 2. The fourth-order valence-corrected chi connectivity index (χ4v) is 17.9. The number of carbonyl (C=O) groups is 4. The maximum Gasteiger partial charge on any atom is 0.254 e. The monoisotopic (exact) mass is 1420 g/mol. The van der Waals surface area contributed by atoms with Crippen molar-refractivity contribution in [2.75, 3.05) is 80.5 Å². The van der Waals surface area contributed by atoms with Gasteiger partial charge < -0.3 is 29.4 Å². The average Bonchev–Trinajstić information content (AvgIpc) is 1.46. The third-order valence-corrected chi connectivity index (χ3v) is 24.4. The number of nitrogens with zero attached hydrogens (tertiary/aromatic N) is 6. The van der Waals surface area contributed by atoms with Crippen molar-refractivity contribution >= 4 is 143 Å². The number of hydrogen-bond donors (Lipinski definition) is 0. The zero-order valence-corrected chi connectivity index (χ0v) is 60.2. The maximum absolute atomic E-state index is 14.0. The zero-order chi connectivity index (χ0) is 61.6. The minimum Gasteiger partial charge on any atom is -0.343 e. The number of benzene rings is 6. The van der Waals surface area contributed by atoms with Crippen LogP contribution in [0.5, 0.6) is 0 Å². The van der Waals surface area contributed by atoms with Crippen molar-refractivity contribution in [3.63, 3.8) is 0 Å². The number of amides is 4. The quantitative estimate of drug-likeness (QED) is 0.0834. The van der Waals surface area contributed by atoms with Crippen molar-refractivity contribution in [2.45, 2.75) is 97.3 Å². The standard InChI is InChI=1S/2C34H39Cl2N3O3S.2ClH.2H2S/c2*1-4-31(40)37(2)24-33(27-14-15-29(35)30(36)22-27,38(3)32(41)25-10-6-5-7-11-25)16-19-39-20-17-34(18-21-39)28-13-9-8-12-26(28)23-43(34)42;;;;/h2*5-15,22H,4,16-21,23-24H2,1-3H3;2*1H;2*1H2/t2*33-,43?;;;;/m11..../s1. The van der Waals surface area contributed by atoms with E-state index >= 15 is 0 Å². The van der Waals surface area contributed by atoms with E-state index in [1.54, 1.807) is 45.8 Å². The lowest BCUT2D eigenvalue weighted by Gasteiger charge is -2.47. The van der Waals surface area contributed by atoms with Gasteiger partial charge in [-0.05, 0) is 147 Å². The summed E-state index contributed by atoms with van der Waals surface area (Å²) in [5.41, 5.74) is 5.90. The number of piperidine rings is 2. The largest absolute Gasteiger partial charge is 0.343 e. The Labute approximate surface area is 583 Å². The third-order valence-electron chi connectivity index (χ3n) is 18.8. The molecular weight excluding hydrogens is 1340 g/mol. The molecule has 2 fully saturated rings. The average molecular weight is 1420 g/mol. The number of rotatable bonds is 18. The second-order valence-electron chi connectivity index (χ2n) is 23.5. The second kappa shape index (κ2) is 33.3. The maximum atomic E-state index is 14.0. The van der Waals surface area contributed by atoms with E-state index in [2.05, 4.69) is 46.2 Å². The first-order valence-electron chi connectivity index (χ1n) is 29.7. The van der Waals surface area contributed by atoms with Gasteiger partial charge >= 0.3 is 0 Å². The Bertz CT molecular complexity index is 3260. The lowest BCUT2D eigenvalue weighted by molar-refractivity contribution is -0.132. The van der Waals surface area contributed by atoms with Crippen LogP contribution in [0.25, 0.3) is 0 Å². The van der Waals surface area contributed by atoms with E-state index < -0.39 is 32.7 Å². The van der Waals surface area contributed by atoms with Crippen LogP contribution in [0.3, 0.4) is 0 Å². The van der Waals surface area contributed by atoms with Crippen LogP contribution < -0.4 is 0 Å². The smallest absolute Gasteiger partial charge is 0.254 e. The van der Waals surface area contributed by atoms with Gasteiger partial charge in [0.15, 0.2) is 0 Å². The highest BCUT2D eigenvalue weighted by atomic mass is 35.5. The zero-order valence-electron chi connectivity index (χ0n) is 51.9. The van der Waals surface area contributed by atoms with Gasteiger partial charge in [-0.3, -0.25) is 27.6 Å². The van der Waals surface area contributed by atoms with Gasteiger partial charge in [0.05, 0.1) is 40.7 Å². The molecule has 2 unspecified atom stereocenters. The van der Waals surface area contributed by atoms with Gasteiger partial charge in [-0.15, -0.1) is 24.8 Å². The molecule has 6 aromatic rings. The molecule has 0 aliphatic carbocycles. The summed E-state index contributed by atoms with van der Waals surface area (Å²) in [6, 6.07) is 46.1. The van der Waals surface area contributed by atoms with E-state index in [0.29, 0.717) is 94.6 Å². The van der Waals surface area contributed by atoms with Crippen molar-refractivity contribution in [2.24, 2.45) is 0 Å². The molecule has 6 aromatic carbocycles. The number of fused-ring (bicyclic) bond motifs is 4. The van der Waals surface area contributed by atoms with Crippen LogP contribution in [0.15, 0.2) is 146 Å². The summed E-state index contributed by atoms with van der Waals surface area (Å²) in [6.07, 6.45) is 5.13. The fourth-order valence-electron chi connectivity index (χ4n) is 13.5. The van der Waals surface area contributed by atoms with Gasteiger partial charge in [0.1, 0.15) is 0 Å². The summed E-state index contributed by atoms with van der Waals surface area (Å²) in [7, 11) is 5.33. The normalized spacial score (nSPS) is 18.2. The molecule has 4 atom stereocenters. The van der Waals surface area contributed by atoms with Gasteiger partial charge in [0, 0.05) is 111 Å². The van der Waals surface area contributed by atoms with E-state index in [0.717, 1.165) is 63.0 Å². The first kappa shape index (κ1) is 76.6. The van der Waals surface area contributed by atoms with Crippen LogP contribution in [0, 0.1) is 0 Å². The summed E-state index contributed by atoms with van der Waals surface area (Å²) in [5, 5.41) is 1.66. The highest BCUT2D eigenvalue weighted by Gasteiger charge is 2.50. The molecule has 2 spiro atoms. The van der Waals surface area contributed by atoms with Crippen molar-refractivity contribution < 1.29 is 27.6 Å². The predicted molar refractivity (Wildman–Crippen MR) is 385 cm³/mol. The molecule has 0 N–H and O–H groups in total. The van der Waals surface area contributed by atoms with Crippen LogP contribution in [0.4, 0.5) is 0 Å².